The van der Waals surface area contributed by atoms with Crippen LogP contribution < -0.4 is 14.8 Å². The number of benzene rings is 2. The van der Waals surface area contributed by atoms with Gasteiger partial charge in [0.25, 0.3) is 5.91 Å². The van der Waals surface area contributed by atoms with E-state index in [2.05, 4.69) is 29.7 Å². The zero-order chi connectivity index (χ0) is 35.6. The zero-order valence-electron chi connectivity index (χ0n) is 29.1. The lowest BCUT2D eigenvalue weighted by Gasteiger charge is -2.35. The molecule has 7 rings (SSSR count). The van der Waals surface area contributed by atoms with Crippen LogP contribution in [0.5, 0.6) is 17.2 Å². The standard InChI is InChI=1S/C38H42ClN7O5/c1-43(2)22-35-41-19-33(44(35)3)24-7-9-28(10-8-24)51-34-17-26(39)18-40-31(34)21-45-15-5-4-6-27(45)23-50-29-11-12-30-25(16-29)20-46(38(30)49)32-13-14-36(47)42-37(32)48/h7-12,16-19,27,32H,4-6,13-15,20-23H2,1-3H3,(H,42,47,48)/t27-,32?/m0/s1. The summed E-state index contributed by atoms with van der Waals surface area (Å²) in [6.45, 7) is 3.00. The number of hydrogen-bond donors (Lipinski definition) is 1. The van der Waals surface area contributed by atoms with E-state index in [-0.39, 0.29) is 24.3 Å². The molecule has 266 valence electrons. The maximum Gasteiger partial charge on any atom is 0.255 e. The van der Waals surface area contributed by atoms with E-state index in [1.165, 1.54) is 0 Å². The number of hydrogen-bond acceptors (Lipinski definition) is 9. The van der Waals surface area contributed by atoms with Crippen LogP contribution in [0.2, 0.25) is 5.02 Å². The quantitative estimate of drug-likeness (QED) is 0.210. The second-order valence-corrected chi connectivity index (χ2v) is 14.2. The van der Waals surface area contributed by atoms with E-state index in [9.17, 15) is 14.4 Å². The maximum absolute atomic E-state index is 13.1. The Balaban J connectivity index is 1.00. The second kappa shape index (κ2) is 14.8. The van der Waals surface area contributed by atoms with Crippen LogP contribution in [0, 0.1) is 0 Å². The van der Waals surface area contributed by atoms with Gasteiger partial charge in [0.15, 0.2) is 5.75 Å². The van der Waals surface area contributed by atoms with Gasteiger partial charge in [-0.15, -0.1) is 0 Å². The lowest BCUT2D eigenvalue weighted by atomic mass is 10.0. The first-order valence-corrected chi connectivity index (χ1v) is 17.7. The Labute approximate surface area is 302 Å². The van der Waals surface area contributed by atoms with Crippen molar-refractivity contribution in [1.29, 1.82) is 0 Å². The van der Waals surface area contributed by atoms with Crippen LogP contribution in [0.4, 0.5) is 0 Å². The molecule has 0 radical (unpaired) electrons. The number of rotatable bonds is 11. The van der Waals surface area contributed by atoms with E-state index >= 15 is 0 Å². The molecule has 3 amide bonds. The third-order valence-electron chi connectivity index (χ3n) is 9.86. The lowest BCUT2D eigenvalue weighted by Crippen LogP contribution is -2.52. The van der Waals surface area contributed by atoms with Gasteiger partial charge in [0.1, 0.15) is 30.0 Å². The van der Waals surface area contributed by atoms with Crippen molar-refractivity contribution in [2.75, 3.05) is 27.2 Å². The number of aromatic nitrogens is 3. The molecule has 2 aromatic carbocycles. The molecule has 4 aromatic rings. The molecule has 1 N–H and O–H groups in total. The minimum absolute atomic E-state index is 0.148. The molecule has 12 nitrogen and oxygen atoms in total. The van der Waals surface area contributed by atoms with Crippen LogP contribution in [0.25, 0.3) is 11.3 Å². The fraction of sp³-hybridized carbons (Fsp3) is 0.395. The largest absolute Gasteiger partial charge is 0.492 e. The highest BCUT2D eigenvalue weighted by Crippen LogP contribution is 2.33. The Morgan fingerprint density at radius 1 is 0.980 bits per heavy atom. The van der Waals surface area contributed by atoms with Gasteiger partial charge in [0, 0.05) is 56.0 Å². The zero-order valence-corrected chi connectivity index (χ0v) is 29.9. The summed E-state index contributed by atoms with van der Waals surface area (Å²) in [6, 6.07) is 14.7. The van der Waals surface area contributed by atoms with E-state index < -0.39 is 11.9 Å². The highest BCUT2D eigenvalue weighted by molar-refractivity contribution is 6.30. The summed E-state index contributed by atoms with van der Waals surface area (Å²) in [7, 11) is 6.09. The number of pyridine rings is 1. The first-order chi connectivity index (χ1) is 24.6. The molecular weight excluding hydrogens is 670 g/mol. The highest BCUT2D eigenvalue weighted by Gasteiger charge is 2.39. The third-order valence-corrected chi connectivity index (χ3v) is 10.1. The van der Waals surface area contributed by atoms with Crippen LogP contribution in [0.1, 0.15) is 59.5 Å². The van der Waals surface area contributed by atoms with E-state index in [0.717, 1.165) is 60.7 Å². The van der Waals surface area contributed by atoms with Gasteiger partial charge < -0.3 is 23.8 Å². The number of nitrogens with one attached hydrogen (secondary N) is 1. The van der Waals surface area contributed by atoms with E-state index in [4.69, 9.17) is 21.1 Å². The fourth-order valence-corrected chi connectivity index (χ4v) is 7.25. The highest BCUT2D eigenvalue weighted by atomic mass is 35.5. The smallest absolute Gasteiger partial charge is 0.255 e. The Morgan fingerprint density at radius 2 is 1.78 bits per heavy atom. The molecule has 2 aromatic heterocycles. The molecule has 2 fully saturated rings. The fourth-order valence-electron chi connectivity index (χ4n) is 7.10. The van der Waals surface area contributed by atoms with Crippen molar-refractivity contribution in [3.8, 4) is 28.5 Å². The molecule has 51 heavy (non-hydrogen) atoms. The van der Waals surface area contributed by atoms with Gasteiger partial charge in [0.2, 0.25) is 11.8 Å². The molecule has 2 saturated heterocycles. The molecule has 0 bridgehead atoms. The van der Waals surface area contributed by atoms with E-state index in [1.54, 1.807) is 17.2 Å². The van der Waals surface area contributed by atoms with Gasteiger partial charge in [-0.25, -0.2) is 4.98 Å². The van der Waals surface area contributed by atoms with Crippen molar-refractivity contribution in [2.45, 2.75) is 63.8 Å². The molecule has 5 heterocycles. The Bertz CT molecular complexity index is 1950. The van der Waals surface area contributed by atoms with Gasteiger partial charge in [-0.1, -0.05) is 18.0 Å². The summed E-state index contributed by atoms with van der Waals surface area (Å²) < 4.78 is 14.8. The molecule has 0 aliphatic carbocycles. The summed E-state index contributed by atoms with van der Waals surface area (Å²) in [4.78, 5) is 52.5. The monoisotopic (exact) mass is 711 g/mol. The van der Waals surface area contributed by atoms with Crippen molar-refractivity contribution in [3.63, 3.8) is 0 Å². The Kier molecular flexibility index (Phi) is 10.1. The van der Waals surface area contributed by atoms with Gasteiger partial charge in [-0.05, 0) is 87.9 Å². The van der Waals surface area contributed by atoms with Crippen LogP contribution in [0.3, 0.4) is 0 Å². The number of halogens is 1. The second-order valence-electron chi connectivity index (χ2n) is 13.7. The van der Waals surface area contributed by atoms with Crippen molar-refractivity contribution in [1.82, 2.24) is 34.6 Å². The summed E-state index contributed by atoms with van der Waals surface area (Å²) in [5, 5.41) is 2.85. The van der Waals surface area contributed by atoms with Crippen molar-refractivity contribution in [2.24, 2.45) is 7.05 Å². The number of nitrogens with zero attached hydrogens (tertiary/aromatic N) is 6. The van der Waals surface area contributed by atoms with Gasteiger partial charge in [-0.3, -0.25) is 29.6 Å². The molecule has 0 spiro atoms. The molecular formula is C38H42ClN7O5. The number of carbonyl (C=O) groups excluding carboxylic acids is 3. The number of imide groups is 1. The number of piperidine rings is 2. The predicted octanol–water partition coefficient (Wildman–Crippen LogP) is 5.18. The van der Waals surface area contributed by atoms with Crippen LogP contribution in [-0.4, -0.2) is 86.3 Å². The van der Waals surface area contributed by atoms with Crippen molar-refractivity contribution >= 4 is 29.3 Å². The Morgan fingerprint density at radius 3 is 2.57 bits per heavy atom. The maximum atomic E-state index is 13.1. The molecule has 0 saturated carbocycles. The minimum atomic E-state index is -0.647. The molecule has 3 aliphatic heterocycles. The van der Waals surface area contributed by atoms with E-state index in [1.807, 2.05) is 69.8 Å². The number of carbonyl (C=O) groups is 3. The van der Waals surface area contributed by atoms with Crippen LogP contribution >= 0.6 is 11.6 Å². The molecule has 1 unspecified atom stereocenters. The normalized spacial score (nSPS) is 19.4. The van der Waals surface area contributed by atoms with Crippen LogP contribution in [-0.2, 0) is 36.3 Å². The van der Waals surface area contributed by atoms with Gasteiger partial charge in [-0.2, -0.15) is 0 Å². The first kappa shape index (κ1) is 34.7. The van der Waals surface area contributed by atoms with Crippen molar-refractivity contribution in [3.05, 3.63) is 88.6 Å². The summed E-state index contributed by atoms with van der Waals surface area (Å²) >= 11 is 6.40. The van der Waals surface area contributed by atoms with Crippen molar-refractivity contribution < 1.29 is 23.9 Å². The average molecular weight is 712 g/mol. The molecule has 2 atom stereocenters. The molecule has 3 aliphatic rings. The number of likely N-dealkylation sites (tertiary alicyclic amines) is 1. The minimum Gasteiger partial charge on any atom is -0.492 e. The van der Waals surface area contributed by atoms with E-state index in [0.29, 0.717) is 54.0 Å². The Hall–Kier alpha value is -4.78. The average Bonchev–Trinajstić information content (AvgIpc) is 3.63. The first-order valence-electron chi connectivity index (χ1n) is 17.4. The lowest BCUT2D eigenvalue weighted by molar-refractivity contribution is -0.136. The number of ether oxygens (including phenoxy) is 2. The molecule has 13 heteroatoms. The third kappa shape index (κ3) is 7.63. The summed E-state index contributed by atoms with van der Waals surface area (Å²) in [6.07, 6.45) is 7.25. The SMILES string of the molecule is CN(C)Cc1ncc(-c2ccc(Oc3cc(Cl)cnc3CN3CCCC[C@H]3COc3ccc4c(c3)CN(C3CCC(=O)NC3=O)C4=O)cc2)n1C. The number of fused-ring (bicyclic) bond motifs is 1. The predicted molar refractivity (Wildman–Crippen MR) is 191 cm³/mol. The van der Waals surface area contributed by atoms with Crippen LogP contribution in [0.15, 0.2) is 60.9 Å². The number of imidazole rings is 1. The topological polar surface area (TPSA) is 122 Å². The summed E-state index contributed by atoms with van der Waals surface area (Å²) in [5.74, 6) is 2.05. The summed E-state index contributed by atoms with van der Waals surface area (Å²) in [5.41, 5.74) is 4.25. The van der Waals surface area contributed by atoms with Gasteiger partial charge >= 0.3 is 0 Å². The van der Waals surface area contributed by atoms with Gasteiger partial charge in [0.05, 0.1) is 29.2 Å². The number of amides is 3.